The molecule has 59 heavy (non-hydrogen) atoms. The summed E-state index contributed by atoms with van der Waals surface area (Å²) in [6.07, 6.45) is 6.44. The van der Waals surface area contributed by atoms with Gasteiger partial charge in [0.15, 0.2) is 0 Å². The Bertz CT molecular complexity index is 3540. The van der Waals surface area contributed by atoms with Crippen LogP contribution in [0.2, 0.25) is 0 Å². The number of rotatable bonds is 3. The summed E-state index contributed by atoms with van der Waals surface area (Å²) < 4.78 is 3.85. The lowest BCUT2D eigenvalue weighted by atomic mass is 9.78. The Hall–Kier alpha value is -6.81. The molecule has 0 amide bonds. The maximum Gasteiger partial charge on any atom is 0.125 e. The largest absolute Gasteiger partial charge is 0.308 e. The van der Waals surface area contributed by atoms with Crippen LogP contribution in [0.15, 0.2) is 181 Å². The minimum Gasteiger partial charge on any atom is -0.308 e. The molecule has 2 aliphatic rings. The molecule has 4 heterocycles. The third-order valence-corrected chi connectivity index (χ3v) is 14.4. The van der Waals surface area contributed by atoms with Crippen LogP contribution < -0.4 is 0 Å². The number of hydrogen-bond donors (Lipinski definition) is 0. The Kier molecular flexibility index (Phi) is 7.23. The predicted molar refractivity (Wildman–Crippen MR) is 252 cm³/mol. The number of aliphatic imine (C=N–C) groups is 1. The van der Waals surface area contributed by atoms with Crippen molar-refractivity contribution in [2.45, 2.75) is 31.6 Å². The first-order valence-corrected chi connectivity index (χ1v) is 21.8. The van der Waals surface area contributed by atoms with E-state index in [1.807, 2.05) is 11.3 Å². The zero-order chi connectivity index (χ0) is 38.6. The molecular formula is C56H38N2S. The molecule has 1 unspecified atom stereocenters. The van der Waals surface area contributed by atoms with Crippen LogP contribution in [0.1, 0.15) is 47.4 Å². The quantitative estimate of drug-likeness (QED) is 0.170. The summed E-state index contributed by atoms with van der Waals surface area (Å²) in [6.45, 7) is 0. The van der Waals surface area contributed by atoms with Gasteiger partial charge < -0.3 is 4.40 Å². The molecule has 3 aromatic heterocycles. The Morgan fingerprint density at radius 2 is 1.22 bits per heavy atom. The summed E-state index contributed by atoms with van der Waals surface area (Å²) in [5, 5.41) is 10.5. The van der Waals surface area contributed by atoms with Gasteiger partial charge in [-0.25, -0.2) is 4.99 Å². The van der Waals surface area contributed by atoms with Crippen molar-refractivity contribution in [3.63, 3.8) is 0 Å². The number of para-hydroxylation sites is 2. The molecule has 1 atom stereocenters. The molecule has 11 aromatic rings. The first kappa shape index (κ1) is 33.2. The van der Waals surface area contributed by atoms with E-state index in [9.17, 15) is 0 Å². The number of allylic oxidation sites excluding steroid dienone is 2. The summed E-state index contributed by atoms with van der Waals surface area (Å²) in [6, 6.07) is 63.2. The molecule has 0 bridgehead atoms. The van der Waals surface area contributed by atoms with Gasteiger partial charge in [-0.3, -0.25) is 0 Å². The Morgan fingerprint density at radius 1 is 0.542 bits per heavy atom. The van der Waals surface area contributed by atoms with E-state index in [1.165, 1.54) is 109 Å². The zero-order valence-electron chi connectivity index (χ0n) is 32.5. The number of aromatic nitrogens is 1. The van der Waals surface area contributed by atoms with Crippen molar-refractivity contribution in [3.8, 4) is 22.3 Å². The second-order valence-corrected chi connectivity index (χ2v) is 17.4. The van der Waals surface area contributed by atoms with Crippen LogP contribution in [0.3, 0.4) is 0 Å². The van der Waals surface area contributed by atoms with Gasteiger partial charge in [0.2, 0.25) is 0 Å². The predicted octanol–water partition coefficient (Wildman–Crippen LogP) is 15.6. The number of aryl methyl sites for hydroxylation is 1. The van der Waals surface area contributed by atoms with E-state index in [1.54, 1.807) is 0 Å². The summed E-state index contributed by atoms with van der Waals surface area (Å²) in [4.78, 5) is 5.67. The number of nitrogens with zero attached hydrogens (tertiary/aromatic N) is 2. The van der Waals surface area contributed by atoms with Crippen molar-refractivity contribution in [1.82, 2.24) is 4.40 Å². The van der Waals surface area contributed by atoms with Gasteiger partial charge in [0.05, 0.1) is 16.6 Å². The van der Waals surface area contributed by atoms with E-state index in [0.717, 1.165) is 36.4 Å². The molecule has 1 aliphatic carbocycles. The fraction of sp³-hybridized carbons (Fsp3) is 0.0893. The first-order valence-electron chi connectivity index (χ1n) is 20.9. The summed E-state index contributed by atoms with van der Waals surface area (Å²) in [5.74, 6) is 0.159. The third-order valence-electron chi connectivity index (χ3n) is 13.3. The van der Waals surface area contributed by atoms with E-state index >= 15 is 0 Å². The number of thiophene rings is 1. The highest BCUT2D eigenvalue weighted by Gasteiger charge is 2.34. The zero-order valence-corrected chi connectivity index (χ0v) is 33.3. The summed E-state index contributed by atoms with van der Waals surface area (Å²) in [5.41, 5.74) is 17.2. The van der Waals surface area contributed by atoms with Crippen molar-refractivity contribution in [2.24, 2.45) is 4.99 Å². The molecule has 0 saturated carbocycles. The van der Waals surface area contributed by atoms with Gasteiger partial charge in [0, 0.05) is 48.8 Å². The minimum atomic E-state index is 0.159. The minimum absolute atomic E-state index is 0.159. The average molecular weight is 771 g/mol. The molecule has 0 N–H and O–H groups in total. The van der Waals surface area contributed by atoms with Crippen molar-refractivity contribution in [1.29, 1.82) is 0 Å². The Balaban J connectivity index is 1.09. The van der Waals surface area contributed by atoms with Crippen LogP contribution in [0.5, 0.6) is 0 Å². The SMILES string of the molecule is C1=C(/C2CCc3ccc4ccccc4c3-c3cc4c5ccccc5n5c6ccccc6c(c32)c45)c2c(sc3ccccc23)/N=C(/c2ccc(-c3ccccc3)cc2)CC/1. The molecule has 2 nitrogen and oxygen atoms in total. The molecule has 13 rings (SSSR count). The molecule has 0 spiro atoms. The molecule has 278 valence electrons. The lowest BCUT2D eigenvalue weighted by molar-refractivity contribution is 0.764. The highest BCUT2D eigenvalue weighted by molar-refractivity contribution is 7.23. The Labute approximate surface area is 346 Å². The highest BCUT2D eigenvalue weighted by Crippen LogP contribution is 2.56. The third kappa shape index (κ3) is 4.89. The molecule has 0 fully saturated rings. The van der Waals surface area contributed by atoms with Crippen LogP contribution in [0.4, 0.5) is 5.00 Å². The van der Waals surface area contributed by atoms with Crippen LogP contribution in [0, 0.1) is 0 Å². The summed E-state index contributed by atoms with van der Waals surface area (Å²) in [7, 11) is 0. The maximum atomic E-state index is 5.67. The van der Waals surface area contributed by atoms with Crippen LogP contribution in [-0.4, -0.2) is 10.1 Å². The topological polar surface area (TPSA) is 16.8 Å². The van der Waals surface area contributed by atoms with E-state index < -0.39 is 0 Å². The standard InChI is InChI=1S/C56H38N2S/c1-2-13-34(14-3-1)35-25-28-37(29-26-35)47-21-12-20-41(53-44-19-8-11-24-50(44)59-56(53)57-47)42-32-31-38-30-27-36-15-4-5-16-39(36)51(38)46-33-45-40-17-6-9-22-48(40)58-49-23-10-7-18-43(49)54(52(42)46)55(45)58/h1-11,13-20,22-30,33,42H,12,21,31-32H2/b41-20-,57-47+. The average Bonchev–Trinajstić information content (AvgIpc) is 3.89. The molecule has 0 saturated heterocycles. The van der Waals surface area contributed by atoms with E-state index in [2.05, 4.69) is 180 Å². The number of hydrogen-bond acceptors (Lipinski definition) is 2. The van der Waals surface area contributed by atoms with Crippen molar-refractivity contribution < 1.29 is 0 Å². The molecule has 3 heteroatoms. The van der Waals surface area contributed by atoms with Gasteiger partial charge in [-0.1, -0.05) is 152 Å². The molecule has 8 aromatic carbocycles. The second-order valence-electron chi connectivity index (χ2n) is 16.4. The molecule has 0 radical (unpaired) electrons. The first-order chi connectivity index (χ1) is 29.3. The summed E-state index contributed by atoms with van der Waals surface area (Å²) >= 11 is 1.85. The number of fused-ring (bicyclic) bond motifs is 15. The van der Waals surface area contributed by atoms with Gasteiger partial charge >= 0.3 is 0 Å². The van der Waals surface area contributed by atoms with Gasteiger partial charge in [0.1, 0.15) is 5.00 Å². The van der Waals surface area contributed by atoms with Crippen LogP contribution in [-0.2, 0) is 6.42 Å². The van der Waals surface area contributed by atoms with E-state index in [-0.39, 0.29) is 5.92 Å². The van der Waals surface area contributed by atoms with Gasteiger partial charge in [-0.15, -0.1) is 11.3 Å². The van der Waals surface area contributed by atoms with Crippen LogP contribution in [0.25, 0.3) is 86.8 Å². The van der Waals surface area contributed by atoms with Crippen LogP contribution >= 0.6 is 11.3 Å². The Morgan fingerprint density at radius 3 is 2.07 bits per heavy atom. The van der Waals surface area contributed by atoms with Crippen molar-refractivity contribution >= 4 is 86.6 Å². The van der Waals surface area contributed by atoms with Gasteiger partial charge in [-0.05, 0) is 105 Å². The normalized spacial score (nSPS) is 17.3. The van der Waals surface area contributed by atoms with E-state index in [4.69, 9.17) is 4.99 Å². The maximum absolute atomic E-state index is 5.67. The molecule has 1 aliphatic heterocycles. The van der Waals surface area contributed by atoms with Gasteiger partial charge in [0.25, 0.3) is 0 Å². The lowest BCUT2D eigenvalue weighted by Gasteiger charge is -2.25. The van der Waals surface area contributed by atoms with Crippen molar-refractivity contribution in [2.75, 3.05) is 0 Å². The van der Waals surface area contributed by atoms with E-state index in [0.29, 0.717) is 0 Å². The fourth-order valence-corrected chi connectivity index (χ4v) is 11.9. The van der Waals surface area contributed by atoms with Crippen molar-refractivity contribution in [3.05, 3.63) is 198 Å². The molecular weight excluding hydrogens is 733 g/mol. The smallest absolute Gasteiger partial charge is 0.125 e. The monoisotopic (exact) mass is 770 g/mol. The van der Waals surface area contributed by atoms with Gasteiger partial charge in [-0.2, -0.15) is 0 Å². The highest BCUT2D eigenvalue weighted by atomic mass is 32.1. The number of benzene rings is 8. The lowest BCUT2D eigenvalue weighted by Crippen LogP contribution is -2.08. The second kappa shape index (κ2) is 12.8. The fourth-order valence-electron chi connectivity index (χ4n) is 10.8.